The van der Waals surface area contributed by atoms with Gasteiger partial charge in [-0.25, -0.2) is 0 Å². The smallest absolute Gasteiger partial charge is 0.179 e. The lowest BCUT2D eigenvalue weighted by Gasteiger charge is -2.29. The van der Waals surface area contributed by atoms with Gasteiger partial charge in [-0.2, -0.15) is 0 Å². The van der Waals surface area contributed by atoms with E-state index in [1.54, 1.807) is 6.07 Å². The van der Waals surface area contributed by atoms with E-state index in [-0.39, 0.29) is 5.78 Å². The molecule has 1 unspecified atom stereocenters. The van der Waals surface area contributed by atoms with Gasteiger partial charge in [0.05, 0.1) is 16.4 Å². The first kappa shape index (κ1) is 16.2. The normalized spacial score (nSPS) is 21.9. The van der Waals surface area contributed by atoms with Crippen LogP contribution in [0, 0.1) is 0 Å². The molecule has 0 amide bonds. The maximum Gasteiger partial charge on any atom is 0.179 e. The van der Waals surface area contributed by atoms with Crippen LogP contribution in [0.2, 0.25) is 8.67 Å². The summed E-state index contributed by atoms with van der Waals surface area (Å²) in [5.74, 6) is 0.0705. The topological polar surface area (TPSA) is 23.6 Å². The van der Waals surface area contributed by atoms with Crippen LogP contribution in [-0.4, -0.2) is 54.9 Å². The number of thiophene rings is 1. The van der Waals surface area contributed by atoms with Crippen LogP contribution >= 0.6 is 34.5 Å². The summed E-state index contributed by atoms with van der Waals surface area (Å²) in [6.45, 7) is 5.67. The lowest BCUT2D eigenvalue weighted by Crippen LogP contribution is -2.42. The first-order valence-corrected chi connectivity index (χ1v) is 8.49. The fraction of sp³-hybridized carbons (Fsp3) is 0.643. The number of hydrogen-bond acceptors (Lipinski definition) is 4. The zero-order valence-corrected chi connectivity index (χ0v) is 14.2. The Morgan fingerprint density at radius 1 is 1.45 bits per heavy atom. The van der Waals surface area contributed by atoms with Crippen LogP contribution in [0.3, 0.4) is 0 Å². The molecule has 2 rings (SSSR count). The largest absolute Gasteiger partial charge is 0.305 e. The summed E-state index contributed by atoms with van der Waals surface area (Å²) in [7, 11) is 2.14. The van der Waals surface area contributed by atoms with Crippen LogP contribution < -0.4 is 0 Å². The zero-order valence-electron chi connectivity index (χ0n) is 11.9. The molecule has 20 heavy (non-hydrogen) atoms. The molecule has 0 spiro atoms. The maximum absolute atomic E-state index is 12.4. The van der Waals surface area contributed by atoms with Crippen molar-refractivity contribution >= 4 is 40.3 Å². The molecule has 2 heterocycles. The van der Waals surface area contributed by atoms with E-state index < -0.39 is 0 Å². The van der Waals surface area contributed by atoms with Gasteiger partial charge in [-0.15, -0.1) is 11.3 Å². The van der Waals surface area contributed by atoms with Gasteiger partial charge < -0.3 is 4.90 Å². The Bertz CT molecular complexity index is 478. The van der Waals surface area contributed by atoms with E-state index in [0.717, 1.165) is 32.5 Å². The fourth-order valence-electron chi connectivity index (χ4n) is 2.69. The summed E-state index contributed by atoms with van der Waals surface area (Å²) in [5, 5.41) is 0. The molecule has 3 nitrogen and oxygen atoms in total. The standard InChI is InChI=1S/C14H20Cl2N2OS/c1-3-10-8-17(2)5-4-6-18(10)9-12(19)11-7-13(15)20-14(11)16/h7,10H,3-6,8-9H2,1-2H3. The van der Waals surface area contributed by atoms with Gasteiger partial charge in [-0.1, -0.05) is 30.1 Å². The number of carbonyl (C=O) groups excluding carboxylic acids is 1. The van der Waals surface area contributed by atoms with Crippen molar-refractivity contribution in [3.05, 3.63) is 20.3 Å². The van der Waals surface area contributed by atoms with Gasteiger partial charge in [-0.05, 0) is 32.5 Å². The first-order valence-electron chi connectivity index (χ1n) is 6.92. The molecule has 1 fully saturated rings. The predicted molar refractivity (Wildman–Crippen MR) is 86.4 cm³/mol. The van der Waals surface area contributed by atoms with Crippen LogP contribution in [0.4, 0.5) is 0 Å². The second kappa shape index (κ2) is 7.23. The zero-order chi connectivity index (χ0) is 14.7. The Kier molecular flexibility index (Phi) is 5.87. The molecule has 0 bridgehead atoms. The number of likely N-dealkylation sites (N-methyl/N-ethyl adjacent to an activating group) is 1. The maximum atomic E-state index is 12.4. The highest BCUT2D eigenvalue weighted by Crippen LogP contribution is 2.31. The minimum atomic E-state index is 0.0705. The van der Waals surface area contributed by atoms with Crippen molar-refractivity contribution in [2.75, 3.05) is 33.2 Å². The lowest BCUT2D eigenvalue weighted by molar-refractivity contribution is 0.0888. The summed E-state index contributed by atoms with van der Waals surface area (Å²) < 4.78 is 1.07. The van der Waals surface area contributed by atoms with Crippen LogP contribution in [0.15, 0.2) is 6.07 Å². The second-order valence-electron chi connectivity index (χ2n) is 5.31. The van der Waals surface area contributed by atoms with Crippen LogP contribution in [0.5, 0.6) is 0 Å². The third-order valence-electron chi connectivity index (χ3n) is 3.80. The summed E-state index contributed by atoms with van der Waals surface area (Å²) in [4.78, 5) is 17.0. The Labute approximate surface area is 134 Å². The number of ketones is 1. The molecule has 112 valence electrons. The summed E-state index contributed by atoms with van der Waals surface area (Å²) in [6.07, 6.45) is 2.15. The molecule has 0 N–H and O–H groups in total. The fourth-order valence-corrected chi connectivity index (χ4v) is 4.19. The average Bonchev–Trinajstić information content (AvgIpc) is 2.63. The van der Waals surface area contributed by atoms with Crippen molar-refractivity contribution in [1.82, 2.24) is 9.80 Å². The molecular formula is C14H20Cl2N2OS. The third kappa shape index (κ3) is 3.95. The van der Waals surface area contributed by atoms with Crippen LogP contribution in [-0.2, 0) is 0 Å². The minimum Gasteiger partial charge on any atom is -0.305 e. The van der Waals surface area contributed by atoms with Gasteiger partial charge in [0.1, 0.15) is 4.34 Å². The number of hydrogen-bond donors (Lipinski definition) is 0. The van der Waals surface area contributed by atoms with Gasteiger partial charge in [-0.3, -0.25) is 9.69 Å². The molecule has 1 aliphatic heterocycles. The van der Waals surface area contributed by atoms with Crippen molar-refractivity contribution in [3.8, 4) is 0 Å². The molecule has 0 saturated carbocycles. The molecule has 0 radical (unpaired) electrons. The Balaban J connectivity index is 2.07. The quantitative estimate of drug-likeness (QED) is 0.785. The van der Waals surface area contributed by atoms with Crippen LogP contribution in [0.25, 0.3) is 0 Å². The number of carbonyl (C=O) groups is 1. The summed E-state index contributed by atoms with van der Waals surface area (Å²) in [5.41, 5.74) is 0.564. The SMILES string of the molecule is CCC1CN(C)CCCN1CC(=O)c1cc(Cl)sc1Cl. The van der Waals surface area contributed by atoms with Crippen molar-refractivity contribution in [2.45, 2.75) is 25.8 Å². The second-order valence-corrected chi connectivity index (χ2v) is 7.59. The van der Waals surface area contributed by atoms with Gasteiger partial charge in [0.2, 0.25) is 0 Å². The van der Waals surface area contributed by atoms with E-state index >= 15 is 0 Å². The number of Topliss-reactive ketones (excluding diaryl/α,β-unsaturated/α-hetero) is 1. The minimum absolute atomic E-state index is 0.0705. The van der Waals surface area contributed by atoms with Crippen molar-refractivity contribution < 1.29 is 4.79 Å². The number of nitrogens with zero attached hydrogens (tertiary/aromatic N) is 2. The molecule has 6 heteroatoms. The average molecular weight is 335 g/mol. The highest BCUT2D eigenvalue weighted by molar-refractivity contribution is 7.20. The monoisotopic (exact) mass is 334 g/mol. The Morgan fingerprint density at radius 2 is 2.20 bits per heavy atom. The van der Waals surface area contributed by atoms with E-state index in [1.165, 1.54) is 11.3 Å². The summed E-state index contributed by atoms with van der Waals surface area (Å²) >= 11 is 13.2. The third-order valence-corrected chi connectivity index (χ3v) is 5.29. The lowest BCUT2D eigenvalue weighted by atomic mass is 10.1. The van der Waals surface area contributed by atoms with Crippen molar-refractivity contribution in [2.24, 2.45) is 0 Å². The van der Waals surface area contributed by atoms with Crippen molar-refractivity contribution in [3.63, 3.8) is 0 Å². The van der Waals surface area contributed by atoms with Gasteiger partial charge in [0, 0.05) is 19.1 Å². The number of halogens is 2. The summed E-state index contributed by atoms with van der Waals surface area (Å²) in [6, 6.07) is 2.11. The van der Waals surface area contributed by atoms with E-state index in [4.69, 9.17) is 23.2 Å². The number of rotatable bonds is 4. The molecule has 0 aromatic carbocycles. The molecule has 1 aromatic heterocycles. The van der Waals surface area contributed by atoms with Gasteiger partial charge in [0.15, 0.2) is 5.78 Å². The van der Waals surface area contributed by atoms with Gasteiger partial charge in [0.25, 0.3) is 0 Å². The highest BCUT2D eigenvalue weighted by atomic mass is 35.5. The van der Waals surface area contributed by atoms with E-state index in [2.05, 4.69) is 23.8 Å². The van der Waals surface area contributed by atoms with Crippen molar-refractivity contribution in [1.29, 1.82) is 0 Å². The Hall–Kier alpha value is -0.130. The van der Waals surface area contributed by atoms with E-state index in [9.17, 15) is 4.79 Å². The van der Waals surface area contributed by atoms with Gasteiger partial charge >= 0.3 is 0 Å². The molecule has 1 aromatic rings. The molecule has 1 saturated heterocycles. The highest BCUT2D eigenvalue weighted by Gasteiger charge is 2.25. The van der Waals surface area contributed by atoms with E-state index in [0.29, 0.717) is 26.8 Å². The molecule has 1 atom stereocenters. The predicted octanol–water partition coefficient (Wildman–Crippen LogP) is 3.65. The molecule has 0 aliphatic carbocycles. The van der Waals surface area contributed by atoms with E-state index in [1.807, 2.05) is 0 Å². The Morgan fingerprint density at radius 3 is 2.80 bits per heavy atom. The molecular weight excluding hydrogens is 315 g/mol. The first-order chi connectivity index (χ1) is 9.51. The molecule has 1 aliphatic rings. The van der Waals surface area contributed by atoms with Crippen LogP contribution in [0.1, 0.15) is 30.1 Å².